The van der Waals surface area contributed by atoms with Crippen LogP contribution in [0.15, 0.2) is 0 Å². The number of hydrogen-bond acceptors (Lipinski definition) is 7. The molecule has 0 rings (SSSR count). The fraction of sp³-hybridized carbons (Fsp3) is 0.933. The van der Waals surface area contributed by atoms with Crippen LogP contribution in [0.2, 0.25) is 0 Å². The van der Waals surface area contributed by atoms with Crippen molar-refractivity contribution in [1.82, 2.24) is 0 Å². The first kappa shape index (κ1) is 49.7. The zero-order valence-electron chi connectivity index (χ0n) is 27.6. The van der Waals surface area contributed by atoms with E-state index in [9.17, 15) is 32.8 Å². The van der Waals surface area contributed by atoms with Gasteiger partial charge in [-0.2, -0.15) is 0 Å². The third kappa shape index (κ3) is 24.7. The van der Waals surface area contributed by atoms with E-state index >= 15 is 0 Å². The van der Waals surface area contributed by atoms with E-state index in [1.54, 1.807) is 0 Å². The second-order valence-electron chi connectivity index (χ2n) is 12.2. The number of carbonyl (C=O) groups excluding carboxylic acids is 2. The van der Waals surface area contributed by atoms with E-state index in [4.69, 9.17) is 0 Å². The van der Waals surface area contributed by atoms with E-state index in [2.05, 4.69) is 27.7 Å². The van der Waals surface area contributed by atoms with E-state index in [1.165, 1.54) is 38.5 Å². The molecule has 41 heavy (non-hydrogen) atoms. The SMILES string of the molecule is CC(C)CCCCCCCCCCC(CCCCCCCCCCC(C)C)(C(=O)[O-])C(C(=O)[O-])S(=O)(=O)[O-].[Na+].[Na+].[Na+]. The summed E-state index contributed by atoms with van der Waals surface area (Å²) in [7, 11) is -5.43. The van der Waals surface area contributed by atoms with Gasteiger partial charge in [-0.25, -0.2) is 8.42 Å². The van der Waals surface area contributed by atoms with Crippen LogP contribution in [-0.2, 0) is 19.7 Å². The van der Waals surface area contributed by atoms with E-state index < -0.39 is 32.7 Å². The quantitative estimate of drug-likeness (QED) is 0.0551. The van der Waals surface area contributed by atoms with Gasteiger partial charge in [-0.1, -0.05) is 143 Å². The van der Waals surface area contributed by atoms with Gasteiger partial charge in [-0.3, -0.25) is 0 Å². The smallest absolute Gasteiger partial charge is 0.747 e. The van der Waals surface area contributed by atoms with Gasteiger partial charge in [0.2, 0.25) is 0 Å². The third-order valence-electron chi connectivity index (χ3n) is 7.72. The molecule has 226 valence electrons. The molecule has 0 aliphatic rings. The summed E-state index contributed by atoms with van der Waals surface area (Å²) in [5.41, 5.74) is -2.26. The Labute approximate surface area is 318 Å². The molecule has 0 bridgehead atoms. The molecular weight excluding hydrogens is 573 g/mol. The Kier molecular flexibility index (Phi) is 35.5. The summed E-state index contributed by atoms with van der Waals surface area (Å²) in [6, 6.07) is 0. The van der Waals surface area contributed by atoms with Crippen LogP contribution >= 0.6 is 0 Å². The van der Waals surface area contributed by atoms with Crippen LogP contribution < -0.4 is 98.9 Å². The molecule has 1 unspecified atom stereocenters. The molecule has 0 radical (unpaired) electrons. The molecule has 0 spiro atoms. The van der Waals surface area contributed by atoms with Crippen molar-refractivity contribution in [3.05, 3.63) is 0 Å². The molecule has 11 heteroatoms. The standard InChI is InChI=1S/C30H58O7S.3Na/c1-25(2)21-17-13-9-5-7-11-15-19-23-30(29(33)34,27(28(31)32)38(35,36)37)24-20-16-12-8-6-10-14-18-22-26(3)4;;;/h25-27H,5-24H2,1-4H3,(H,31,32)(H,33,34)(H,35,36,37);;;/q;3*+1/p-3. The Morgan fingerprint density at radius 2 is 0.829 bits per heavy atom. The maximum absolute atomic E-state index is 12.2. The Balaban J connectivity index is -0.00000228. The Hall–Kier alpha value is 1.85. The summed E-state index contributed by atoms with van der Waals surface area (Å²) in [6.45, 7) is 8.86. The molecular formula is C30H55Na3O7S. The van der Waals surface area contributed by atoms with E-state index in [0.717, 1.165) is 51.4 Å². The summed E-state index contributed by atoms with van der Waals surface area (Å²) in [6.07, 6.45) is 17.0. The Bertz CT molecular complexity index is 718. The van der Waals surface area contributed by atoms with Crippen molar-refractivity contribution in [3.8, 4) is 0 Å². The van der Waals surface area contributed by atoms with Gasteiger partial charge in [0.1, 0.15) is 10.1 Å². The van der Waals surface area contributed by atoms with Crippen molar-refractivity contribution in [1.29, 1.82) is 0 Å². The van der Waals surface area contributed by atoms with Gasteiger partial charge in [0.15, 0.2) is 0 Å². The molecule has 0 heterocycles. The maximum atomic E-state index is 12.2. The third-order valence-corrected chi connectivity index (χ3v) is 8.94. The van der Waals surface area contributed by atoms with Crippen molar-refractivity contribution < 1.29 is 121 Å². The number of carbonyl (C=O) groups is 2. The molecule has 0 aliphatic heterocycles. The van der Waals surface area contributed by atoms with Gasteiger partial charge in [0.25, 0.3) is 0 Å². The summed E-state index contributed by atoms with van der Waals surface area (Å²) in [5, 5.41) is 21.3. The van der Waals surface area contributed by atoms with Crippen LogP contribution in [0.5, 0.6) is 0 Å². The molecule has 0 aromatic heterocycles. The van der Waals surface area contributed by atoms with Crippen LogP contribution in [0, 0.1) is 17.3 Å². The van der Waals surface area contributed by atoms with Gasteiger partial charge < -0.3 is 24.4 Å². The zero-order chi connectivity index (χ0) is 29.0. The van der Waals surface area contributed by atoms with Gasteiger partial charge in [0.05, 0.1) is 11.2 Å². The predicted molar refractivity (Wildman–Crippen MR) is 148 cm³/mol. The van der Waals surface area contributed by atoms with Crippen LogP contribution in [-0.4, -0.2) is 30.2 Å². The van der Waals surface area contributed by atoms with E-state index in [0.29, 0.717) is 37.5 Å². The summed E-state index contributed by atoms with van der Waals surface area (Å²) in [5.74, 6) is -2.49. The topological polar surface area (TPSA) is 137 Å². The molecule has 0 saturated carbocycles. The summed E-state index contributed by atoms with van der Waals surface area (Å²) < 4.78 is 35.6. The zero-order valence-corrected chi connectivity index (χ0v) is 34.5. The maximum Gasteiger partial charge on any atom is 1.00 e. The predicted octanol–water partition coefficient (Wildman–Crippen LogP) is -3.49. The van der Waals surface area contributed by atoms with Gasteiger partial charge in [-0.05, 0) is 24.7 Å². The van der Waals surface area contributed by atoms with Crippen molar-refractivity contribution >= 4 is 22.1 Å². The minimum Gasteiger partial charge on any atom is -0.747 e. The number of rotatable bonds is 26. The number of carboxylic acids is 2. The number of hydrogen-bond donors (Lipinski definition) is 0. The molecule has 0 aliphatic carbocycles. The minimum absolute atomic E-state index is 0. The normalized spacial score (nSPS) is 12.4. The van der Waals surface area contributed by atoms with Crippen LogP contribution in [0.1, 0.15) is 156 Å². The molecule has 0 aromatic rings. The second kappa shape index (κ2) is 29.3. The fourth-order valence-electron chi connectivity index (χ4n) is 5.43. The van der Waals surface area contributed by atoms with Gasteiger partial charge >= 0.3 is 88.7 Å². The summed E-state index contributed by atoms with van der Waals surface area (Å²) >= 11 is 0. The fourth-order valence-corrected chi connectivity index (χ4v) is 6.55. The van der Waals surface area contributed by atoms with Crippen molar-refractivity contribution in [2.24, 2.45) is 17.3 Å². The molecule has 0 amide bonds. The molecule has 0 fully saturated rings. The molecule has 0 aromatic carbocycles. The number of carboxylic acid groups (broad SMARTS) is 2. The molecule has 0 saturated heterocycles. The van der Waals surface area contributed by atoms with Crippen LogP contribution in [0.25, 0.3) is 0 Å². The first-order valence-electron chi connectivity index (χ1n) is 15.2. The first-order chi connectivity index (χ1) is 17.8. The van der Waals surface area contributed by atoms with Gasteiger partial charge in [0, 0.05) is 11.4 Å². The average molecular weight is 629 g/mol. The van der Waals surface area contributed by atoms with Crippen molar-refractivity contribution in [3.63, 3.8) is 0 Å². The molecule has 1 atom stereocenters. The number of unbranched alkanes of at least 4 members (excludes halogenated alkanes) is 14. The largest absolute Gasteiger partial charge is 1.00 e. The molecule has 7 nitrogen and oxygen atoms in total. The van der Waals surface area contributed by atoms with E-state index in [1.807, 2.05) is 0 Å². The second-order valence-corrected chi connectivity index (χ2v) is 13.6. The van der Waals surface area contributed by atoms with E-state index in [-0.39, 0.29) is 102 Å². The van der Waals surface area contributed by atoms with Crippen LogP contribution in [0.4, 0.5) is 0 Å². The van der Waals surface area contributed by atoms with Crippen LogP contribution in [0.3, 0.4) is 0 Å². The Morgan fingerprint density at radius 3 is 1.05 bits per heavy atom. The Morgan fingerprint density at radius 1 is 0.561 bits per heavy atom. The minimum atomic E-state index is -5.43. The molecule has 0 N–H and O–H groups in total. The first-order valence-corrected chi connectivity index (χ1v) is 16.7. The monoisotopic (exact) mass is 628 g/mol. The average Bonchev–Trinajstić information content (AvgIpc) is 2.79. The van der Waals surface area contributed by atoms with Gasteiger partial charge in [-0.15, -0.1) is 0 Å². The van der Waals surface area contributed by atoms with Crippen molar-refractivity contribution in [2.45, 2.75) is 161 Å². The number of aliphatic carboxylic acids is 2. The van der Waals surface area contributed by atoms with Crippen molar-refractivity contribution in [2.75, 3.05) is 0 Å². The summed E-state index contributed by atoms with van der Waals surface area (Å²) in [4.78, 5) is 24.0.